The molecule has 0 aromatic rings. The maximum Gasteiger partial charge on any atom is 0.306 e. The van der Waals surface area contributed by atoms with Gasteiger partial charge in [-0.25, -0.2) is 0 Å². The minimum Gasteiger partial charge on any atom is -0.462 e. The molecule has 0 heterocycles. The molecular formula is C59H104O6. The van der Waals surface area contributed by atoms with Crippen molar-refractivity contribution in [2.24, 2.45) is 0 Å². The van der Waals surface area contributed by atoms with E-state index in [9.17, 15) is 14.4 Å². The summed E-state index contributed by atoms with van der Waals surface area (Å²) < 4.78 is 16.7. The maximum atomic E-state index is 12.8. The van der Waals surface area contributed by atoms with Crippen LogP contribution in [0.3, 0.4) is 0 Å². The molecule has 0 saturated carbocycles. The molecule has 1 atom stereocenters. The van der Waals surface area contributed by atoms with E-state index in [0.29, 0.717) is 19.3 Å². The molecule has 0 bridgehead atoms. The number of unbranched alkanes of at least 4 members (excludes halogenated alkanes) is 29. The molecule has 0 amide bonds. The topological polar surface area (TPSA) is 78.9 Å². The summed E-state index contributed by atoms with van der Waals surface area (Å²) in [4.78, 5) is 37.8. The van der Waals surface area contributed by atoms with Gasteiger partial charge in [-0.1, -0.05) is 255 Å². The van der Waals surface area contributed by atoms with Gasteiger partial charge in [0.2, 0.25) is 0 Å². The zero-order valence-corrected chi connectivity index (χ0v) is 43.0. The Morgan fingerprint density at radius 2 is 0.600 bits per heavy atom. The van der Waals surface area contributed by atoms with E-state index >= 15 is 0 Å². The first-order valence-electron chi connectivity index (χ1n) is 27.8. The van der Waals surface area contributed by atoms with Crippen LogP contribution in [0.5, 0.6) is 0 Å². The number of hydrogen-bond donors (Lipinski definition) is 0. The number of allylic oxidation sites excluding steroid dienone is 10. The molecule has 1 unspecified atom stereocenters. The lowest BCUT2D eigenvalue weighted by molar-refractivity contribution is -0.167. The van der Waals surface area contributed by atoms with Crippen LogP contribution in [-0.2, 0) is 28.6 Å². The van der Waals surface area contributed by atoms with Crippen molar-refractivity contribution < 1.29 is 28.6 Å². The standard InChI is InChI=1S/C59H104O6/c1-4-7-10-13-15-17-19-21-23-25-26-27-28-29-30-31-32-34-35-37-39-41-43-46-49-52-58(61)64-55-56(54-63-57(60)51-48-45-12-9-6-3)65-59(62)53-50-47-44-42-40-38-36-33-24-22-20-18-16-14-11-8-5-2/h7,10,15,17,21,23,26-27,29-30,56H,4-6,8-9,11-14,16,18-20,22,24-25,28,31-55H2,1-3H3/b10-7-,17-15-,23-21-,27-26-,30-29-. The van der Waals surface area contributed by atoms with E-state index in [0.717, 1.165) is 103 Å². The Morgan fingerprint density at radius 1 is 0.323 bits per heavy atom. The Kier molecular flexibility index (Phi) is 51.3. The molecule has 0 aliphatic carbocycles. The Bertz CT molecular complexity index is 1180. The first-order chi connectivity index (χ1) is 32.0. The summed E-state index contributed by atoms with van der Waals surface area (Å²) in [5.41, 5.74) is 0. The second kappa shape index (κ2) is 53.7. The van der Waals surface area contributed by atoms with Crippen molar-refractivity contribution in [3.8, 4) is 0 Å². The van der Waals surface area contributed by atoms with Crippen LogP contribution in [0.4, 0.5) is 0 Å². The average Bonchev–Trinajstić information content (AvgIpc) is 3.30. The number of ether oxygens (including phenoxy) is 3. The quantitative estimate of drug-likeness (QED) is 0.0262. The number of carbonyl (C=O) groups is 3. The summed E-state index contributed by atoms with van der Waals surface area (Å²) in [5, 5.41) is 0. The molecule has 0 saturated heterocycles. The molecule has 6 nitrogen and oxygen atoms in total. The van der Waals surface area contributed by atoms with Crippen molar-refractivity contribution in [1.82, 2.24) is 0 Å². The Hall–Kier alpha value is -2.89. The van der Waals surface area contributed by atoms with Crippen LogP contribution in [0.1, 0.15) is 278 Å². The van der Waals surface area contributed by atoms with E-state index in [1.807, 2.05) is 0 Å². The molecule has 0 aliphatic heterocycles. The predicted molar refractivity (Wildman–Crippen MR) is 279 cm³/mol. The maximum absolute atomic E-state index is 12.8. The molecule has 0 spiro atoms. The number of rotatable bonds is 50. The summed E-state index contributed by atoms with van der Waals surface area (Å²) in [6, 6.07) is 0. The van der Waals surface area contributed by atoms with Crippen molar-refractivity contribution in [3.63, 3.8) is 0 Å². The SMILES string of the molecule is CC/C=C\C/C=C\C/C=C\C/C=C\C/C=C\CCCCCCCCCCCC(=O)OCC(COC(=O)CCCCCCC)OC(=O)CCCCCCCCCCCCCCCCCCC. The lowest BCUT2D eigenvalue weighted by Crippen LogP contribution is -2.30. The highest BCUT2D eigenvalue weighted by Gasteiger charge is 2.19. The Balaban J connectivity index is 4.10. The minimum atomic E-state index is -0.770. The smallest absolute Gasteiger partial charge is 0.306 e. The van der Waals surface area contributed by atoms with Crippen molar-refractivity contribution >= 4 is 17.9 Å². The van der Waals surface area contributed by atoms with Gasteiger partial charge in [-0.15, -0.1) is 0 Å². The van der Waals surface area contributed by atoms with E-state index in [-0.39, 0.29) is 31.1 Å². The fourth-order valence-electron chi connectivity index (χ4n) is 7.88. The van der Waals surface area contributed by atoms with E-state index in [1.165, 1.54) is 135 Å². The molecule has 0 rings (SSSR count). The van der Waals surface area contributed by atoms with Crippen molar-refractivity contribution in [1.29, 1.82) is 0 Å². The largest absolute Gasteiger partial charge is 0.462 e. The van der Waals surface area contributed by atoms with Gasteiger partial charge >= 0.3 is 17.9 Å². The highest BCUT2D eigenvalue weighted by atomic mass is 16.6. The average molecular weight is 909 g/mol. The monoisotopic (exact) mass is 909 g/mol. The third kappa shape index (κ3) is 51.9. The summed E-state index contributed by atoms with van der Waals surface area (Å²) in [6.45, 7) is 6.46. The van der Waals surface area contributed by atoms with Crippen molar-refractivity contribution in [3.05, 3.63) is 60.8 Å². The second-order valence-corrected chi connectivity index (χ2v) is 18.5. The van der Waals surface area contributed by atoms with Gasteiger partial charge in [-0.05, 0) is 64.2 Å². The lowest BCUT2D eigenvalue weighted by atomic mass is 10.0. The summed E-state index contributed by atoms with van der Waals surface area (Å²) >= 11 is 0. The third-order valence-electron chi connectivity index (χ3n) is 12.0. The van der Waals surface area contributed by atoms with Crippen LogP contribution in [0.25, 0.3) is 0 Å². The molecule has 0 radical (unpaired) electrons. The van der Waals surface area contributed by atoms with Crippen LogP contribution in [0.2, 0.25) is 0 Å². The second-order valence-electron chi connectivity index (χ2n) is 18.5. The predicted octanol–water partition coefficient (Wildman–Crippen LogP) is 18.4. The number of esters is 3. The van der Waals surface area contributed by atoms with Crippen molar-refractivity contribution in [2.45, 2.75) is 284 Å². The summed E-state index contributed by atoms with van der Waals surface area (Å²) in [5.74, 6) is -0.884. The number of hydrogen-bond acceptors (Lipinski definition) is 6. The molecule has 0 aromatic heterocycles. The molecular weight excluding hydrogens is 805 g/mol. The highest BCUT2D eigenvalue weighted by molar-refractivity contribution is 5.71. The first-order valence-corrected chi connectivity index (χ1v) is 27.8. The van der Waals surface area contributed by atoms with E-state index < -0.39 is 6.10 Å². The molecule has 0 N–H and O–H groups in total. The molecule has 6 heteroatoms. The zero-order chi connectivity index (χ0) is 47.2. The van der Waals surface area contributed by atoms with Gasteiger partial charge in [0.25, 0.3) is 0 Å². The molecule has 0 fully saturated rings. The van der Waals surface area contributed by atoms with Crippen LogP contribution in [0.15, 0.2) is 60.8 Å². The van der Waals surface area contributed by atoms with Gasteiger partial charge in [0, 0.05) is 19.3 Å². The van der Waals surface area contributed by atoms with Crippen molar-refractivity contribution in [2.75, 3.05) is 13.2 Å². The van der Waals surface area contributed by atoms with Gasteiger partial charge in [0.05, 0.1) is 0 Å². The Labute approximate surface area is 402 Å². The van der Waals surface area contributed by atoms with Gasteiger partial charge in [-0.2, -0.15) is 0 Å². The van der Waals surface area contributed by atoms with E-state index in [4.69, 9.17) is 14.2 Å². The third-order valence-corrected chi connectivity index (χ3v) is 12.0. The van der Waals surface area contributed by atoms with E-state index in [1.54, 1.807) is 0 Å². The number of carbonyl (C=O) groups excluding carboxylic acids is 3. The molecule has 0 aromatic carbocycles. The molecule has 65 heavy (non-hydrogen) atoms. The van der Waals surface area contributed by atoms with E-state index in [2.05, 4.69) is 81.5 Å². The first kappa shape index (κ1) is 62.1. The summed E-state index contributed by atoms with van der Waals surface area (Å²) in [6.07, 6.45) is 66.8. The van der Waals surface area contributed by atoms with Crippen LogP contribution in [0, 0.1) is 0 Å². The zero-order valence-electron chi connectivity index (χ0n) is 43.0. The Morgan fingerprint density at radius 3 is 0.938 bits per heavy atom. The van der Waals surface area contributed by atoms with Gasteiger partial charge < -0.3 is 14.2 Å². The summed E-state index contributed by atoms with van der Waals surface area (Å²) in [7, 11) is 0. The van der Waals surface area contributed by atoms with Crippen LogP contribution >= 0.6 is 0 Å². The van der Waals surface area contributed by atoms with Gasteiger partial charge in [-0.3, -0.25) is 14.4 Å². The van der Waals surface area contributed by atoms with Gasteiger partial charge in [0.1, 0.15) is 13.2 Å². The van der Waals surface area contributed by atoms with Gasteiger partial charge in [0.15, 0.2) is 6.10 Å². The normalized spacial score (nSPS) is 12.5. The fraction of sp³-hybridized carbons (Fsp3) is 0.780. The molecule has 376 valence electrons. The van der Waals surface area contributed by atoms with Crippen LogP contribution < -0.4 is 0 Å². The highest BCUT2D eigenvalue weighted by Crippen LogP contribution is 2.16. The van der Waals surface area contributed by atoms with Crippen LogP contribution in [-0.4, -0.2) is 37.2 Å². The minimum absolute atomic E-state index is 0.0742. The fourth-order valence-corrected chi connectivity index (χ4v) is 7.88. The lowest BCUT2D eigenvalue weighted by Gasteiger charge is -2.18. The molecule has 0 aliphatic rings.